The van der Waals surface area contributed by atoms with Crippen molar-refractivity contribution in [3.63, 3.8) is 0 Å². The SMILES string of the molecule is C=CCCCCOc1cc(C)oc(=O)c1. The highest BCUT2D eigenvalue weighted by atomic mass is 16.5. The minimum Gasteiger partial charge on any atom is -0.493 e. The van der Waals surface area contributed by atoms with E-state index in [0.29, 0.717) is 18.1 Å². The molecule has 3 heteroatoms. The molecule has 0 saturated carbocycles. The molecule has 1 rings (SSSR count). The second-order valence-corrected chi connectivity index (χ2v) is 3.36. The Hall–Kier alpha value is -1.51. The number of aryl methyl sites for hydroxylation is 1. The van der Waals surface area contributed by atoms with E-state index in [4.69, 9.17) is 9.15 Å². The second kappa shape index (κ2) is 6.06. The van der Waals surface area contributed by atoms with Crippen LogP contribution in [0.5, 0.6) is 5.75 Å². The van der Waals surface area contributed by atoms with E-state index in [2.05, 4.69) is 6.58 Å². The van der Waals surface area contributed by atoms with E-state index in [1.54, 1.807) is 13.0 Å². The highest BCUT2D eigenvalue weighted by Crippen LogP contribution is 2.10. The Morgan fingerprint density at radius 3 is 2.93 bits per heavy atom. The zero-order valence-electron chi connectivity index (χ0n) is 8.99. The molecule has 0 radical (unpaired) electrons. The molecule has 0 aliphatic carbocycles. The van der Waals surface area contributed by atoms with E-state index in [0.717, 1.165) is 19.3 Å². The van der Waals surface area contributed by atoms with Crippen molar-refractivity contribution in [2.24, 2.45) is 0 Å². The summed E-state index contributed by atoms with van der Waals surface area (Å²) in [6.07, 6.45) is 4.91. The van der Waals surface area contributed by atoms with Crippen molar-refractivity contribution in [2.45, 2.75) is 26.2 Å². The van der Waals surface area contributed by atoms with Gasteiger partial charge in [-0.15, -0.1) is 6.58 Å². The first-order chi connectivity index (χ1) is 7.22. The molecule has 1 heterocycles. The maximum absolute atomic E-state index is 11.0. The number of ether oxygens (including phenoxy) is 1. The molecule has 0 amide bonds. The van der Waals surface area contributed by atoms with Gasteiger partial charge in [-0.25, -0.2) is 4.79 Å². The third-order valence-electron chi connectivity index (χ3n) is 1.94. The van der Waals surface area contributed by atoms with Crippen LogP contribution in [0.3, 0.4) is 0 Å². The van der Waals surface area contributed by atoms with Crippen LogP contribution >= 0.6 is 0 Å². The van der Waals surface area contributed by atoms with E-state index < -0.39 is 0 Å². The van der Waals surface area contributed by atoms with Gasteiger partial charge >= 0.3 is 5.63 Å². The Morgan fingerprint density at radius 2 is 2.27 bits per heavy atom. The van der Waals surface area contributed by atoms with Gasteiger partial charge in [0.25, 0.3) is 0 Å². The first kappa shape index (κ1) is 11.6. The van der Waals surface area contributed by atoms with Crippen LogP contribution in [-0.4, -0.2) is 6.61 Å². The molecular formula is C12H16O3. The topological polar surface area (TPSA) is 39.4 Å². The van der Waals surface area contributed by atoms with E-state index in [1.807, 2.05) is 6.08 Å². The van der Waals surface area contributed by atoms with Crippen molar-refractivity contribution in [2.75, 3.05) is 6.61 Å². The molecule has 0 spiro atoms. The van der Waals surface area contributed by atoms with Gasteiger partial charge in [0.05, 0.1) is 12.7 Å². The minimum atomic E-state index is -0.365. The molecule has 0 bridgehead atoms. The summed E-state index contributed by atoms with van der Waals surface area (Å²) in [6, 6.07) is 3.08. The van der Waals surface area contributed by atoms with E-state index in [9.17, 15) is 4.79 Å². The molecule has 82 valence electrons. The van der Waals surface area contributed by atoms with E-state index >= 15 is 0 Å². The minimum absolute atomic E-state index is 0.365. The Balaban J connectivity index is 2.37. The zero-order chi connectivity index (χ0) is 11.1. The van der Waals surface area contributed by atoms with Crippen LogP contribution in [0.4, 0.5) is 0 Å². The average molecular weight is 208 g/mol. The summed E-state index contributed by atoms with van der Waals surface area (Å²) in [6.45, 7) is 6.00. The molecule has 1 aromatic heterocycles. The fourth-order valence-corrected chi connectivity index (χ4v) is 1.24. The van der Waals surface area contributed by atoms with Gasteiger partial charge in [-0.3, -0.25) is 0 Å². The fourth-order valence-electron chi connectivity index (χ4n) is 1.24. The summed E-state index contributed by atoms with van der Waals surface area (Å²) in [5.41, 5.74) is -0.365. The first-order valence-corrected chi connectivity index (χ1v) is 5.08. The highest BCUT2D eigenvalue weighted by molar-refractivity contribution is 5.19. The van der Waals surface area contributed by atoms with Crippen molar-refractivity contribution < 1.29 is 9.15 Å². The standard InChI is InChI=1S/C12H16O3/c1-3-4-5-6-7-14-11-8-10(2)15-12(13)9-11/h3,8-9H,1,4-7H2,2H3. The molecule has 0 aliphatic rings. The lowest BCUT2D eigenvalue weighted by Gasteiger charge is -2.04. The molecule has 1 aromatic rings. The van der Waals surface area contributed by atoms with Crippen LogP contribution in [0.2, 0.25) is 0 Å². The fraction of sp³-hybridized carbons (Fsp3) is 0.417. The Bertz CT molecular complexity index is 365. The molecular weight excluding hydrogens is 192 g/mol. The van der Waals surface area contributed by atoms with E-state index in [-0.39, 0.29) is 5.63 Å². The molecule has 0 atom stereocenters. The van der Waals surface area contributed by atoms with Crippen LogP contribution in [0, 0.1) is 6.92 Å². The number of unbranched alkanes of at least 4 members (excludes halogenated alkanes) is 2. The van der Waals surface area contributed by atoms with Gasteiger partial charge in [0.15, 0.2) is 0 Å². The van der Waals surface area contributed by atoms with Gasteiger partial charge in [0.2, 0.25) is 0 Å². The number of rotatable bonds is 6. The Kier molecular flexibility index (Phi) is 4.68. The normalized spacial score (nSPS) is 9.93. The molecule has 0 saturated heterocycles. The van der Waals surface area contributed by atoms with Crippen LogP contribution in [0.15, 0.2) is 34.0 Å². The number of allylic oxidation sites excluding steroid dienone is 1. The lowest BCUT2D eigenvalue weighted by Crippen LogP contribution is -2.02. The van der Waals surface area contributed by atoms with Crippen LogP contribution in [0.25, 0.3) is 0 Å². The Morgan fingerprint density at radius 1 is 1.47 bits per heavy atom. The molecule has 0 aromatic carbocycles. The van der Waals surface area contributed by atoms with Gasteiger partial charge in [-0.1, -0.05) is 6.08 Å². The summed E-state index contributed by atoms with van der Waals surface area (Å²) >= 11 is 0. The second-order valence-electron chi connectivity index (χ2n) is 3.36. The van der Waals surface area contributed by atoms with Crippen LogP contribution in [-0.2, 0) is 0 Å². The van der Waals surface area contributed by atoms with E-state index in [1.165, 1.54) is 6.07 Å². The monoisotopic (exact) mass is 208 g/mol. The molecule has 0 N–H and O–H groups in total. The third-order valence-corrected chi connectivity index (χ3v) is 1.94. The quantitative estimate of drug-likeness (QED) is 0.533. The molecule has 0 aliphatic heterocycles. The van der Waals surface area contributed by atoms with Gasteiger partial charge in [-0.05, 0) is 26.2 Å². The van der Waals surface area contributed by atoms with Gasteiger partial charge in [0.1, 0.15) is 11.5 Å². The summed E-state index contributed by atoms with van der Waals surface area (Å²) < 4.78 is 10.2. The van der Waals surface area contributed by atoms with Crippen molar-refractivity contribution in [1.82, 2.24) is 0 Å². The lowest BCUT2D eigenvalue weighted by atomic mass is 10.2. The maximum Gasteiger partial charge on any atom is 0.339 e. The summed E-state index contributed by atoms with van der Waals surface area (Å²) in [5, 5.41) is 0. The first-order valence-electron chi connectivity index (χ1n) is 5.08. The smallest absolute Gasteiger partial charge is 0.339 e. The molecule has 0 fully saturated rings. The average Bonchev–Trinajstić information content (AvgIpc) is 2.16. The van der Waals surface area contributed by atoms with Gasteiger partial charge in [-0.2, -0.15) is 0 Å². The predicted molar refractivity (Wildman–Crippen MR) is 59.3 cm³/mol. The van der Waals surface area contributed by atoms with Crippen molar-refractivity contribution >= 4 is 0 Å². The molecule has 15 heavy (non-hydrogen) atoms. The van der Waals surface area contributed by atoms with Crippen LogP contribution < -0.4 is 10.4 Å². The van der Waals surface area contributed by atoms with Crippen molar-refractivity contribution in [1.29, 1.82) is 0 Å². The maximum atomic E-state index is 11.0. The largest absolute Gasteiger partial charge is 0.493 e. The summed E-state index contributed by atoms with van der Waals surface area (Å²) in [7, 11) is 0. The third kappa shape index (κ3) is 4.49. The van der Waals surface area contributed by atoms with Gasteiger partial charge in [0, 0.05) is 6.07 Å². The van der Waals surface area contributed by atoms with Crippen LogP contribution in [0.1, 0.15) is 25.0 Å². The van der Waals surface area contributed by atoms with Crippen molar-refractivity contribution in [3.8, 4) is 5.75 Å². The Labute approximate surface area is 89.4 Å². The summed E-state index contributed by atoms with van der Waals surface area (Å²) in [4.78, 5) is 11.0. The van der Waals surface area contributed by atoms with Gasteiger partial charge < -0.3 is 9.15 Å². The number of hydrogen-bond acceptors (Lipinski definition) is 3. The lowest BCUT2D eigenvalue weighted by molar-refractivity contribution is 0.302. The zero-order valence-corrected chi connectivity index (χ0v) is 8.99. The highest BCUT2D eigenvalue weighted by Gasteiger charge is 1.98. The predicted octanol–water partition coefficient (Wildman–Crippen LogP) is 2.68. The molecule has 0 unspecified atom stereocenters. The summed E-state index contributed by atoms with van der Waals surface area (Å²) in [5.74, 6) is 1.16. The number of hydrogen-bond donors (Lipinski definition) is 0. The van der Waals surface area contributed by atoms with Crippen molar-refractivity contribution in [3.05, 3.63) is 41.0 Å². The molecule has 3 nitrogen and oxygen atoms in total.